The number of aromatic nitrogens is 1. The fourth-order valence-corrected chi connectivity index (χ4v) is 5.50. The van der Waals surface area contributed by atoms with Crippen LogP contribution in [0.3, 0.4) is 0 Å². The average molecular weight is 533 g/mol. The molecule has 0 spiro atoms. The molecule has 9 nitrogen and oxygen atoms in total. The van der Waals surface area contributed by atoms with E-state index in [-0.39, 0.29) is 11.3 Å². The van der Waals surface area contributed by atoms with Gasteiger partial charge < -0.3 is 24.1 Å². The van der Waals surface area contributed by atoms with Crippen molar-refractivity contribution < 1.29 is 33.6 Å². The number of carbonyl (C=O) groups excluding carboxylic acids is 2. The lowest BCUT2D eigenvalue weighted by Gasteiger charge is -2.25. The van der Waals surface area contributed by atoms with Gasteiger partial charge in [0.15, 0.2) is 16.6 Å². The van der Waals surface area contributed by atoms with E-state index in [2.05, 4.69) is 4.98 Å². The van der Waals surface area contributed by atoms with Crippen molar-refractivity contribution in [2.45, 2.75) is 6.04 Å². The van der Waals surface area contributed by atoms with Crippen molar-refractivity contribution in [1.82, 2.24) is 4.98 Å². The minimum absolute atomic E-state index is 0.0939. The molecule has 2 heterocycles. The summed E-state index contributed by atoms with van der Waals surface area (Å²) in [6.07, 6.45) is 0. The van der Waals surface area contributed by atoms with Gasteiger partial charge in [-0.1, -0.05) is 23.5 Å². The number of ether oxygens (including phenoxy) is 4. The highest BCUT2D eigenvalue weighted by atomic mass is 32.1. The summed E-state index contributed by atoms with van der Waals surface area (Å²) in [4.78, 5) is 33.0. The van der Waals surface area contributed by atoms with Crippen LogP contribution in [0.15, 0.2) is 66.2 Å². The molecule has 38 heavy (non-hydrogen) atoms. The summed E-state index contributed by atoms with van der Waals surface area (Å²) in [7, 11) is 6.07. The maximum Gasteiger partial charge on any atom is 0.301 e. The van der Waals surface area contributed by atoms with Crippen molar-refractivity contribution in [2.75, 3.05) is 33.3 Å². The van der Waals surface area contributed by atoms with Crippen molar-refractivity contribution in [3.8, 4) is 23.0 Å². The largest absolute Gasteiger partial charge is 0.507 e. The number of rotatable bonds is 7. The molecule has 0 saturated carbocycles. The summed E-state index contributed by atoms with van der Waals surface area (Å²) < 4.78 is 22.4. The van der Waals surface area contributed by atoms with Crippen LogP contribution in [0.5, 0.6) is 23.0 Å². The van der Waals surface area contributed by atoms with Gasteiger partial charge in [-0.3, -0.25) is 14.5 Å². The number of carbonyl (C=O) groups is 2. The summed E-state index contributed by atoms with van der Waals surface area (Å²) in [5, 5.41) is 11.7. The SMILES string of the molecule is COc1ccc(/C(O)=C2\C(=O)C(=O)N(c3nc4ccc(OC)cc4s3)C2c2cccc(OC)c2OC)cc1. The van der Waals surface area contributed by atoms with Crippen LogP contribution in [0, 0.1) is 0 Å². The summed E-state index contributed by atoms with van der Waals surface area (Å²) in [5.41, 5.74) is 1.35. The Morgan fingerprint density at radius 2 is 1.61 bits per heavy atom. The van der Waals surface area contributed by atoms with Gasteiger partial charge in [0.05, 0.1) is 44.2 Å². The number of amides is 1. The summed E-state index contributed by atoms with van der Waals surface area (Å²) >= 11 is 1.24. The third-order valence-electron chi connectivity index (χ3n) is 6.33. The molecule has 1 atom stereocenters. The molecule has 1 amide bonds. The second kappa shape index (κ2) is 10.1. The van der Waals surface area contributed by atoms with Crippen molar-refractivity contribution in [3.63, 3.8) is 0 Å². The highest BCUT2D eigenvalue weighted by molar-refractivity contribution is 7.22. The van der Waals surface area contributed by atoms with E-state index in [0.717, 1.165) is 4.70 Å². The number of fused-ring (bicyclic) bond motifs is 1. The molecule has 4 aromatic rings. The molecule has 1 aliphatic heterocycles. The van der Waals surface area contributed by atoms with Gasteiger partial charge in [0, 0.05) is 11.1 Å². The molecule has 194 valence electrons. The van der Waals surface area contributed by atoms with Gasteiger partial charge >= 0.3 is 5.91 Å². The Morgan fingerprint density at radius 1 is 0.895 bits per heavy atom. The molecule has 1 aromatic heterocycles. The Morgan fingerprint density at radius 3 is 2.26 bits per heavy atom. The van der Waals surface area contributed by atoms with Crippen molar-refractivity contribution in [1.29, 1.82) is 0 Å². The number of hydrogen-bond acceptors (Lipinski definition) is 9. The van der Waals surface area contributed by atoms with Crippen molar-refractivity contribution in [3.05, 3.63) is 77.4 Å². The number of nitrogens with zero attached hydrogens (tertiary/aromatic N) is 2. The zero-order chi connectivity index (χ0) is 27.0. The molecule has 1 saturated heterocycles. The minimum Gasteiger partial charge on any atom is -0.507 e. The van der Waals surface area contributed by atoms with Crippen LogP contribution >= 0.6 is 11.3 Å². The molecule has 1 unspecified atom stereocenters. The molecule has 3 aromatic carbocycles. The van der Waals surface area contributed by atoms with Crippen LogP contribution in [-0.2, 0) is 9.59 Å². The number of aliphatic hydroxyl groups is 1. The van der Waals surface area contributed by atoms with E-state index < -0.39 is 17.7 Å². The van der Waals surface area contributed by atoms with Gasteiger partial charge in [0.1, 0.15) is 23.3 Å². The molecule has 10 heteroatoms. The predicted octanol–water partition coefficient (Wildman–Crippen LogP) is 4.96. The molecular weight excluding hydrogens is 508 g/mol. The van der Waals surface area contributed by atoms with Crippen LogP contribution in [0.1, 0.15) is 17.2 Å². The summed E-state index contributed by atoms with van der Waals surface area (Å²) in [6, 6.07) is 16.0. The molecule has 1 N–H and O–H groups in total. The molecule has 0 bridgehead atoms. The lowest BCUT2D eigenvalue weighted by Crippen LogP contribution is -2.29. The number of para-hydroxylation sites is 1. The molecule has 1 fully saturated rings. The maximum atomic E-state index is 13.6. The Labute approximate surface area is 222 Å². The first kappa shape index (κ1) is 25.1. The van der Waals surface area contributed by atoms with Crippen molar-refractivity contribution >= 4 is 44.1 Å². The van der Waals surface area contributed by atoms with E-state index in [1.165, 1.54) is 37.6 Å². The maximum absolute atomic E-state index is 13.6. The standard InChI is InChI=1S/C28H24N2O7S/c1-34-16-10-8-15(9-11-16)24(31)22-23(18-6-5-7-20(36-3)26(18)37-4)30(27(33)25(22)32)28-29-19-13-12-17(35-2)14-21(19)38-28/h5-14,23,31H,1-4H3/b24-22+. The average Bonchev–Trinajstić information content (AvgIpc) is 3.49. The summed E-state index contributed by atoms with van der Waals surface area (Å²) in [6.45, 7) is 0. The van der Waals surface area contributed by atoms with E-state index in [1.54, 1.807) is 61.7 Å². The lowest BCUT2D eigenvalue weighted by molar-refractivity contribution is -0.132. The number of ketones is 1. The topological polar surface area (TPSA) is 107 Å². The zero-order valence-electron chi connectivity index (χ0n) is 21.1. The number of thiazole rings is 1. The minimum atomic E-state index is -1.04. The normalized spacial score (nSPS) is 16.6. The van der Waals surface area contributed by atoms with Gasteiger partial charge in [0.25, 0.3) is 5.78 Å². The number of Topliss-reactive ketones (excluding diaryl/α,β-unsaturated/α-hetero) is 1. The van der Waals surface area contributed by atoms with Gasteiger partial charge in [-0.15, -0.1) is 0 Å². The lowest BCUT2D eigenvalue weighted by atomic mass is 9.94. The highest BCUT2D eigenvalue weighted by Crippen LogP contribution is 2.48. The highest BCUT2D eigenvalue weighted by Gasteiger charge is 2.49. The number of hydrogen-bond donors (Lipinski definition) is 1. The van der Waals surface area contributed by atoms with E-state index >= 15 is 0 Å². The number of aliphatic hydroxyl groups excluding tert-OH is 1. The third-order valence-corrected chi connectivity index (χ3v) is 7.34. The number of methoxy groups -OCH3 is 4. The first-order valence-corrected chi connectivity index (χ1v) is 12.3. The van der Waals surface area contributed by atoms with Gasteiger partial charge in [-0.25, -0.2) is 4.98 Å². The fourth-order valence-electron chi connectivity index (χ4n) is 4.48. The van der Waals surface area contributed by atoms with E-state index in [0.29, 0.717) is 44.8 Å². The fraction of sp³-hybridized carbons (Fsp3) is 0.179. The monoisotopic (exact) mass is 532 g/mol. The van der Waals surface area contributed by atoms with E-state index in [1.807, 2.05) is 6.07 Å². The second-order valence-corrected chi connectivity index (χ2v) is 9.32. The Bertz CT molecular complexity index is 1580. The van der Waals surface area contributed by atoms with Crippen LogP contribution in [0.25, 0.3) is 16.0 Å². The third kappa shape index (κ3) is 4.08. The Hall–Kier alpha value is -4.57. The predicted molar refractivity (Wildman–Crippen MR) is 143 cm³/mol. The van der Waals surface area contributed by atoms with Crippen LogP contribution in [0.2, 0.25) is 0 Å². The van der Waals surface area contributed by atoms with E-state index in [4.69, 9.17) is 18.9 Å². The van der Waals surface area contributed by atoms with Crippen LogP contribution in [0.4, 0.5) is 5.13 Å². The van der Waals surface area contributed by atoms with Crippen molar-refractivity contribution in [2.24, 2.45) is 0 Å². The smallest absolute Gasteiger partial charge is 0.301 e. The Balaban J connectivity index is 1.76. The first-order chi connectivity index (χ1) is 18.4. The molecule has 0 radical (unpaired) electrons. The molecule has 0 aliphatic carbocycles. The first-order valence-electron chi connectivity index (χ1n) is 11.5. The van der Waals surface area contributed by atoms with Gasteiger partial charge in [-0.2, -0.15) is 0 Å². The van der Waals surface area contributed by atoms with Crippen LogP contribution < -0.4 is 23.8 Å². The van der Waals surface area contributed by atoms with E-state index in [9.17, 15) is 14.7 Å². The molecule has 5 rings (SSSR count). The summed E-state index contributed by atoms with van der Waals surface area (Å²) in [5.74, 6) is -0.0280. The van der Waals surface area contributed by atoms with Gasteiger partial charge in [0.2, 0.25) is 0 Å². The molecular formula is C28H24N2O7S. The van der Waals surface area contributed by atoms with Gasteiger partial charge in [-0.05, 0) is 48.5 Å². The number of anilines is 1. The quantitative estimate of drug-likeness (QED) is 0.202. The molecule has 1 aliphatic rings. The Kier molecular flexibility index (Phi) is 6.64. The zero-order valence-corrected chi connectivity index (χ0v) is 21.9. The van der Waals surface area contributed by atoms with Crippen LogP contribution in [-0.4, -0.2) is 50.2 Å². The second-order valence-electron chi connectivity index (χ2n) is 8.31. The number of benzene rings is 3.